The lowest BCUT2D eigenvalue weighted by molar-refractivity contribution is 0.00578. The van der Waals surface area contributed by atoms with Gasteiger partial charge in [-0.2, -0.15) is 0 Å². The molecule has 1 fully saturated rings. The first-order chi connectivity index (χ1) is 19.2. The minimum absolute atomic E-state index is 0.485. The van der Waals surface area contributed by atoms with Gasteiger partial charge in [-0.3, -0.25) is 0 Å². The highest BCUT2D eigenvalue weighted by Gasteiger charge is 2.52. The summed E-state index contributed by atoms with van der Waals surface area (Å²) in [4.78, 5) is 14.7. The van der Waals surface area contributed by atoms with Crippen molar-refractivity contribution in [3.63, 3.8) is 0 Å². The molecule has 6 nitrogen and oxygen atoms in total. The third-order valence-corrected chi connectivity index (χ3v) is 7.75. The first-order valence-corrected chi connectivity index (χ1v) is 13.3. The van der Waals surface area contributed by atoms with Crippen molar-refractivity contribution < 1.29 is 13.7 Å². The second-order valence-corrected chi connectivity index (χ2v) is 10.8. The maximum atomic E-state index is 6.47. The molecule has 6 rings (SSSR count). The Labute approximate surface area is 234 Å². The molecule has 198 valence electrons. The molecule has 0 atom stereocenters. The number of aromatic nitrogens is 3. The number of fused-ring (bicyclic) bond motifs is 3. The quantitative estimate of drug-likeness (QED) is 0.172. The fourth-order valence-electron chi connectivity index (χ4n) is 4.89. The van der Waals surface area contributed by atoms with Gasteiger partial charge in [-0.05, 0) is 33.8 Å². The summed E-state index contributed by atoms with van der Waals surface area (Å²) in [5, 5.41) is 1.85. The predicted molar refractivity (Wildman–Crippen MR) is 162 cm³/mol. The molecule has 0 bridgehead atoms. The minimum Gasteiger partial charge on any atom is -0.456 e. The normalized spacial score (nSPS) is 16.5. The van der Waals surface area contributed by atoms with Crippen LogP contribution in [0.3, 0.4) is 0 Å². The fraction of sp³-hybridized carbons (Fsp3) is 0.182. The van der Waals surface area contributed by atoms with Gasteiger partial charge in [-0.1, -0.05) is 92.0 Å². The number of hydrogen-bond acceptors (Lipinski definition) is 6. The highest BCUT2D eigenvalue weighted by atomic mass is 16.7. The number of hydrogen-bond donors (Lipinski definition) is 0. The predicted octanol–water partition coefficient (Wildman–Crippen LogP) is 7.16. The van der Waals surface area contributed by atoms with E-state index < -0.39 is 18.3 Å². The van der Waals surface area contributed by atoms with Crippen molar-refractivity contribution >= 4 is 40.1 Å². The Morgan fingerprint density at radius 2 is 1.48 bits per heavy atom. The van der Waals surface area contributed by atoms with Crippen LogP contribution in [0.4, 0.5) is 0 Å². The number of rotatable bonds is 6. The van der Waals surface area contributed by atoms with E-state index in [4.69, 9.17) is 28.7 Å². The summed E-state index contributed by atoms with van der Waals surface area (Å²) in [5.74, 6) is 1.60. The second kappa shape index (κ2) is 9.70. The van der Waals surface area contributed by atoms with Crippen molar-refractivity contribution in [2.24, 2.45) is 0 Å². The molecule has 0 amide bonds. The highest BCUT2D eigenvalue weighted by Crippen LogP contribution is 2.40. The lowest BCUT2D eigenvalue weighted by atomic mass is 9.77. The Morgan fingerprint density at radius 3 is 2.17 bits per heavy atom. The van der Waals surface area contributed by atoms with Crippen LogP contribution in [0.1, 0.15) is 33.5 Å². The van der Waals surface area contributed by atoms with Gasteiger partial charge in [0.05, 0.1) is 11.2 Å². The van der Waals surface area contributed by atoms with Crippen LogP contribution >= 0.6 is 0 Å². The van der Waals surface area contributed by atoms with Crippen molar-refractivity contribution in [1.82, 2.24) is 15.0 Å². The zero-order chi connectivity index (χ0) is 28.1. The smallest absolute Gasteiger partial charge is 0.456 e. The van der Waals surface area contributed by atoms with E-state index in [1.54, 1.807) is 12.2 Å². The number of nitrogens with zero attached hydrogens (tertiary/aromatic N) is 3. The van der Waals surface area contributed by atoms with E-state index in [2.05, 4.69) is 13.2 Å². The van der Waals surface area contributed by atoms with Crippen LogP contribution in [-0.4, -0.2) is 33.3 Å². The summed E-state index contributed by atoms with van der Waals surface area (Å²) in [6, 6.07) is 21.8. The molecule has 7 heteroatoms. The van der Waals surface area contributed by atoms with Gasteiger partial charge in [-0.15, -0.1) is 0 Å². The molecule has 0 unspecified atom stereocenters. The lowest BCUT2D eigenvalue weighted by Gasteiger charge is -2.32. The van der Waals surface area contributed by atoms with Crippen molar-refractivity contribution in [3.05, 3.63) is 104 Å². The van der Waals surface area contributed by atoms with Crippen LogP contribution in [0.25, 0.3) is 50.3 Å². The first-order valence-electron chi connectivity index (χ1n) is 13.3. The van der Waals surface area contributed by atoms with Crippen LogP contribution in [0.5, 0.6) is 0 Å². The van der Waals surface area contributed by atoms with E-state index in [-0.39, 0.29) is 0 Å². The molecule has 0 spiro atoms. The number of para-hydroxylation sites is 1. The number of furan rings is 1. The molecular formula is C33H30BN3O3. The standard InChI is InChI=1S/C33H30BN3O3/c1-7-14-21(8-2)29-35-30(22-15-10-9-11-16-22)37-31(36-29)24-19-20-25(34-39-32(3,4)33(5,6)40-34)28-27(24)23-17-12-13-18-26(23)38-28/h7-20H,1-2H2,3-6H3/b21-14+. The molecule has 0 saturated carbocycles. The molecule has 1 aliphatic heterocycles. The van der Waals surface area contributed by atoms with E-state index in [9.17, 15) is 0 Å². The Morgan fingerprint density at radius 1 is 0.800 bits per heavy atom. The van der Waals surface area contributed by atoms with E-state index >= 15 is 0 Å². The van der Waals surface area contributed by atoms with Gasteiger partial charge in [-0.25, -0.2) is 15.0 Å². The Balaban J connectivity index is 1.62. The van der Waals surface area contributed by atoms with E-state index in [0.717, 1.165) is 38.5 Å². The molecule has 0 radical (unpaired) electrons. The number of benzene rings is 3. The monoisotopic (exact) mass is 527 g/mol. The second-order valence-electron chi connectivity index (χ2n) is 10.8. The minimum atomic E-state index is -0.584. The third kappa shape index (κ3) is 4.28. The fourth-order valence-corrected chi connectivity index (χ4v) is 4.89. The van der Waals surface area contributed by atoms with Crippen LogP contribution in [0.15, 0.2) is 103 Å². The zero-order valence-electron chi connectivity index (χ0n) is 23.1. The molecule has 0 aliphatic carbocycles. The lowest BCUT2D eigenvalue weighted by Crippen LogP contribution is -2.41. The Kier molecular flexibility index (Phi) is 6.29. The molecule has 0 N–H and O–H groups in total. The van der Waals surface area contributed by atoms with Crippen LogP contribution in [0, 0.1) is 0 Å². The molecule has 5 aromatic rings. The SMILES string of the molecule is C=C/C=C(\C=C)c1nc(-c2ccccc2)nc(-c2ccc(B3OC(C)(C)C(C)(C)O3)c3oc4ccccc4c23)n1. The van der Waals surface area contributed by atoms with Crippen LogP contribution < -0.4 is 5.46 Å². The maximum Gasteiger partial charge on any atom is 0.498 e. The van der Waals surface area contributed by atoms with Gasteiger partial charge in [0, 0.05) is 32.9 Å². The molecule has 1 saturated heterocycles. The third-order valence-electron chi connectivity index (χ3n) is 7.75. The summed E-state index contributed by atoms with van der Waals surface area (Å²) in [6.45, 7) is 16.0. The summed E-state index contributed by atoms with van der Waals surface area (Å²) in [7, 11) is -0.584. The Hall–Kier alpha value is -4.33. The van der Waals surface area contributed by atoms with Crippen LogP contribution in [0.2, 0.25) is 0 Å². The van der Waals surface area contributed by atoms with Gasteiger partial charge >= 0.3 is 7.12 Å². The van der Waals surface area contributed by atoms with E-state index in [0.29, 0.717) is 23.1 Å². The molecule has 1 aliphatic rings. The van der Waals surface area contributed by atoms with Gasteiger partial charge in [0.2, 0.25) is 0 Å². The van der Waals surface area contributed by atoms with E-state index in [1.807, 2.05) is 101 Å². The topological polar surface area (TPSA) is 70.3 Å². The first kappa shape index (κ1) is 25.9. The average molecular weight is 527 g/mol. The molecule has 3 heterocycles. The van der Waals surface area contributed by atoms with Gasteiger partial charge in [0.1, 0.15) is 11.2 Å². The van der Waals surface area contributed by atoms with Crippen molar-refractivity contribution in [1.29, 1.82) is 0 Å². The van der Waals surface area contributed by atoms with Gasteiger partial charge in [0.15, 0.2) is 17.5 Å². The van der Waals surface area contributed by atoms with Gasteiger partial charge < -0.3 is 13.7 Å². The number of allylic oxidation sites excluding steroid dienone is 4. The maximum absolute atomic E-state index is 6.47. The van der Waals surface area contributed by atoms with Gasteiger partial charge in [0.25, 0.3) is 0 Å². The Bertz CT molecular complexity index is 1790. The summed E-state index contributed by atoms with van der Waals surface area (Å²) >= 11 is 0. The molecule has 2 aromatic heterocycles. The average Bonchev–Trinajstić information content (AvgIpc) is 3.44. The van der Waals surface area contributed by atoms with Crippen LogP contribution in [-0.2, 0) is 9.31 Å². The van der Waals surface area contributed by atoms with Crippen molar-refractivity contribution in [3.8, 4) is 22.8 Å². The largest absolute Gasteiger partial charge is 0.498 e. The molecular weight excluding hydrogens is 497 g/mol. The molecule has 3 aromatic carbocycles. The van der Waals surface area contributed by atoms with Crippen molar-refractivity contribution in [2.75, 3.05) is 0 Å². The molecule has 40 heavy (non-hydrogen) atoms. The van der Waals surface area contributed by atoms with Crippen molar-refractivity contribution in [2.45, 2.75) is 38.9 Å². The summed E-state index contributed by atoms with van der Waals surface area (Å²) < 4.78 is 19.3. The highest BCUT2D eigenvalue weighted by molar-refractivity contribution is 6.65. The summed E-state index contributed by atoms with van der Waals surface area (Å²) in [6.07, 6.45) is 5.26. The van der Waals surface area contributed by atoms with E-state index in [1.165, 1.54) is 0 Å². The zero-order valence-corrected chi connectivity index (χ0v) is 23.1. The summed E-state index contributed by atoms with van der Waals surface area (Å²) in [5.41, 5.74) is 3.76.